The average Bonchev–Trinajstić information content (AvgIpc) is 2.97. The highest BCUT2D eigenvalue weighted by Crippen LogP contribution is 2.32. The summed E-state index contributed by atoms with van der Waals surface area (Å²) in [6, 6.07) is 9.78. The van der Waals surface area contributed by atoms with E-state index in [0.29, 0.717) is 5.92 Å². The van der Waals surface area contributed by atoms with Crippen molar-refractivity contribution in [1.29, 1.82) is 0 Å². The van der Waals surface area contributed by atoms with Gasteiger partial charge in [-0.05, 0) is 47.7 Å². The Morgan fingerprint density at radius 3 is 2.62 bits per heavy atom. The minimum absolute atomic E-state index is 0.274. The number of carbonyl (C=O) groups is 1. The second kappa shape index (κ2) is 6.97. The van der Waals surface area contributed by atoms with Crippen LogP contribution in [0.5, 0.6) is 0 Å². The molecule has 0 radical (unpaired) electrons. The van der Waals surface area contributed by atoms with Gasteiger partial charge in [-0.1, -0.05) is 19.9 Å². The molecule has 5 nitrogen and oxygen atoms in total. The summed E-state index contributed by atoms with van der Waals surface area (Å²) in [5.74, 6) is 0.376. The molecule has 0 aliphatic rings. The number of hydrogen-bond donors (Lipinski definition) is 2. The van der Waals surface area contributed by atoms with Crippen LogP contribution in [0.2, 0.25) is 0 Å². The van der Waals surface area contributed by atoms with E-state index in [9.17, 15) is 4.79 Å². The minimum atomic E-state index is -1.02. The standard InChI is InChI=1S/C18H19N3O2S/c1-11(2)9-15(21-18(22)23)17-20-14-10-13(3-4-16(14)24-17)12-5-7-19-8-6-12/h3-8,10-11,15,21H,9H2,1-2H3,(H,22,23). The summed E-state index contributed by atoms with van der Waals surface area (Å²) in [5, 5.41) is 12.5. The van der Waals surface area contributed by atoms with E-state index in [0.717, 1.165) is 32.8 Å². The first-order valence-electron chi connectivity index (χ1n) is 7.83. The van der Waals surface area contributed by atoms with Crippen LogP contribution in [0.3, 0.4) is 0 Å². The van der Waals surface area contributed by atoms with E-state index < -0.39 is 6.09 Å². The van der Waals surface area contributed by atoms with E-state index in [1.165, 1.54) is 0 Å². The van der Waals surface area contributed by atoms with Gasteiger partial charge >= 0.3 is 6.09 Å². The topological polar surface area (TPSA) is 75.1 Å². The number of rotatable bonds is 5. The Labute approximate surface area is 144 Å². The molecule has 2 N–H and O–H groups in total. The zero-order valence-electron chi connectivity index (χ0n) is 13.6. The fraction of sp³-hybridized carbons (Fsp3) is 0.278. The maximum absolute atomic E-state index is 11.1. The lowest BCUT2D eigenvalue weighted by atomic mass is 10.0. The molecule has 1 amide bonds. The van der Waals surface area contributed by atoms with E-state index in [1.807, 2.05) is 24.3 Å². The molecule has 1 aromatic carbocycles. The van der Waals surface area contributed by atoms with Gasteiger partial charge in [-0.15, -0.1) is 11.3 Å². The molecule has 0 saturated heterocycles. The summed E-state index contributed by atoms with van der Waals surface area (Å²) in [5.41, 5.74) is 3.06. The van der Waals surface area contributed by atoms with E-state index in [1.54, 1.807) is 23.7 Å². The van der Waals surface area contributed by atoms with Crippen molar-refractivity contribution in [3.8, 4) is 11.1 Å². The molecule has 2 aromatic heterocycles. The first-order valence-corrected chi connectivity index (χ1v) is 8.65. The Kier molecular flexibility index (Phi) is 4.76. The summed E-state index contributed by atoms with van der Waals surface area (Å²) in [4.78, 5) is 19.8. The minimum Gasteiger partial charge on any atom is -0.465 e. The number of hydrogen-bond acceptors (Lipinski definition) is 4. The van der Waals surface area contributed by atoms with Crippen LogP contribution in [-0.4, -0.2) is 21.2 Å². The van der Waals surface area contributed by atoms with Gasteiger partial charge in [0.25, 0.3) is 0 Å². The van der Waals surface area contributed by atoms with E-state index in [4.69, 9.17) is 5.11 Å². The number of nitrogens with one attached hydrogen (secondary N) is 1. The van der Waals surface area contributed by atoms with Crippen LogP contribution in [0, 0.1) is 5.92 Å². The summed E-state index contributed by atoms with van der Waals surface area (Å²) in [6.07, 6.45) is 3.24. The van der Waals surface area contributed by atoms with Crippen LogP contribution in [-0.2, 0) is 0 Å². The second-order valence-electron chi connectivity index (χ2n) is 6.10. The third-order valence-corrected chi connectivity index (χ3v) is 4.87. The maximum atomic E-state index is 11.1. The molecule has 24 heavy (non-hydrogen) atoms. The van der Waals surface area contributed by atoms with Crippen molar-refractivity contribution in [2.75, 3.05) is 0 Å². The van der Waals surface area contributed by atoms with Crippen LogP contribution >= 0.6 is 11.3 Å². The third kappa shape index (κ3) is 3.71. The number of amides is 1. The zero-order chi connectivity index (χ0) is 17.1. The highest BCUT2D eigenvalue weighted by atomic mass is 32.1. The second-order valence-corrected chi connectivity index (χ2v) is 7.16. The van der Waals surface area contributed by atoms with Crippen LogP contribution in [0.4, 0.5) is 4.79 Å². The molecule has 0 aliphatic carbocycles. The molecular formula is C18H19N3O2S. The first-order chi connectivity index (χ1) is 11.5. The fourth-order valence-corrected chi connectivity index (χ4v) is 3.67. The molecule has 0 fully saturated rings. The molecule has 3 rings (SSSR count). The van der Waals surface area contributed by atoms with Gasteiger partial charge in [0.05, 0.1) is 16.3 Å². The van der Waals surface area contributed by atoms with Crippen LogP contribution in [0.25, 0.3) is 21.3 Å². The van der Waals surface area contributed by atoms with Gasteiger partial charge in [0, 0.05) is 12.4 Å². The molecule has 0 bridgehead atoms. The molecule has 3 aromatic rings. The molecule has 6 heteroatoms. The van der Waals surface area contributed by atoms with Gasteiger partial charge in [-0.3, -0.25) is 4.98 Å². The van der Waals surface area contributed by atoms with Crippen molar-refractivity contribution in [3.63, 3.8) is 0 Å². The van der Waals surface area contributed by atoms with Crippen molar-refractivity contribution in [2.24, 2.45) is 5.92 Å². The fourth-order valence-electron chi connectivity index (χ4n) is 2.66. The largest absolute Gasteiger partial charge is 0.465 e. The van der Waals surface area contributed by atoms with Gasteiger partial charge in [-0.25, -0.2) is 9.78 Å². The number of benzene rings is 1. The molecule has 1 unspecified atom stereocenters. The molecule has 0 saturated carbocycles. The average molecular weight is 341 g/mol. The maximum Gasteiger partial charge on any atom is 0.405 e. The van der Waals surface area contributed by atoms with Gasteiger partial charge in [0.1, 0.15) is 5.01 Å². The molecule has 0 aliphatic heterocycles. The molecule has 124 valence electrons. The van der Waals surface area contributed by atoms with Crippen molar-refractivity contribution in [1.82, 2.24) is 15.3 Å². The number of aromatic nitrogens is 2. The first kappa shape index (κ1) is 16.4. The van der Waals surface area contributed by atoms with Crippen molar-refractivity contribution < 1.29 is 9.90 Å². The number of thiazole rings is 1. The Bertz CT molecular complexity index is 846. The number of carboxylic acid groups (broad SMARTS) is 1. The molecular weight excluding hydrogens is 322 g/mol. The lowest BCUT2D eigenvalue weighted by molar-refractivity contribution is 0.188. The SMILES string of the molecule is CC(C)CC(NC(=O)O)c1nc2cc(-c3ccncc3)ccc2s1. The molecule has 0 spiro atoms. The summed E-state index contributed by atoms with van der Waals surface area (Å²) in [7, 11) is 0. The summed E-state index contributed by atoms with van der Waals surface area (Å²) in [6.45, 7) is 4.15. The lowest BCUT2D eigenvalue weighted by Crippen LogP contribution is -2.27. The monoisotopic (exact) mass is 341 g/mol. The van der Waals surface area contributed by atoms with Crippen molar-refractivity contribution >= 4 is 27.6 Å². The van der Waals surface area contributed by atoms with Crippen molar-refractivity contribution in [2.45, 2.75) is 26.3 Å². The highest BCUT2D eigenvalue weighted by molar-refractivity contribution is 7.18. The number of fused-ring (bicyclic) bond motifs is 1. The van der Waals surface area contributed by atoms with Gasteiger partial charge < -0.3 is 10.4 Å². The normalized spacial score (nSPS) is 12.5. The summed E-state index contributed by atoms with van der Waals surface area (Å²) >= 11 is 1.54. The number of pyridine rings is 1. The third-order valence-electron chi connectivity index (χ3n) is 3.72. The van der Waals surface area contributed by atoms with Gasteiger partial charge in [0.2, 0.25) is 0 Å². The Morgan fingerprint density at radius 1 is 1.21 bits per heavy atom. The highest BCUT2D eigenvalue weighted by Gasteiger charge is 2.20. The molecule has 2 heterocycles. The van der Waals surface area contributed by atoms with Crippen LogP contribution in [0.15, 0.2) is 42.7 Å². The van der Waals surface area contributed by atoms with Gasteiger partial charge in [-0.2, -0.15) is 0 Å². The smallest absolute Gasteiger partial charge is 0.405 e. The summed E-state index contributed by atoms with van der Waals surface area (Å²) < 4.78 is 1.06. The predicted octanol–water partition coefficient (Wildman–Crippen LogP) is 4.71. The van der Waals surface area contributed by atoms with Crippen LogP contribution in [0.1, 0.15) is 31.3 Å². The van der Waals surface area contributed by atoms with Crippen molar-refractivity contribution in [3.05, 3.63) is 47.7 Å². The van der Waals surface area contributed by atoms with E-state index in [-0.39, 0.29) is 6.04 Å². The Balaban J connectivity index is 1.96. The predicted molar refractivity (Wildman–Crippen MR) is 96.2 cm³/mol. The Hall–Kier alpha value is -2.47. The zero-order valence-corrected chi connectivity index (χ0v) is 14.4. The van der Waals surface area contributed by atoms with E-state index in [2.05, 4.69) is 35.2 Å². The van der Waals surface area contributed by atoms with E-state index >= 15 is 0 Å². The quantitative estimate of drug-likeness (QED) is 0.704. The van der Waals surface area contributed by atoms with Crippen LogP contribution < -0.4 is 5.32 Å². The lowest BCUT2D eigenvalue weighted by Gasteiger charge is -2.16. The van der Waals surface area contributed by atoms with Gasteiger partial charge in [0.15, 0.2) is 0 Å². The number of nitrogens with zero attached hydrogens (tertiary/aromatic N) is 2. The molecule has 1 atom stereocenters. The Morgan fingerprint density at radius 2 is 1.96 bits per heavy atom.